The Morgan fingerprint density at radius 2 is 1.76 bits per heavy atom. The van der Waals surface area contributed by atoms with E-state index in [0.717, 1.165) is 32.5 Å². The predicted octanol–water partition coefficient (Wildman–Crippen LogP) is 1.97. The third kappa shape index (κ3) is 5.81. The number of aliphatic carboxylic acids is 1. The molecule has 0 aliphatic carbocycles. The van der Waals surface area contributed by atoms with Crippen LogP contribution in [-0.2, 0) is 16.1 Å². The normalized spacial score (nSPS) is 19.6. The average molecular weight is 396 g/mol. The molecule has 29 heavy (non-hydrogen) atoms. The summed E-state index contributed by atoms with van der Waals surface area (Å²) in [6, 6.07) is 12.6. The van der Waals surface area contributed by atoms with E-state index in [1.165, 1.54) is 5.56 Å². The molecule has 7 nitrogen and oxygen atoms in total. The summed E-state index contributed by atoms with van der Waals surface area (Å²) in [7, 11) is 0. The van der Waals surface area contributed by atoms with Gasteiger partial charge in [-0.05, 0) is 31.2 Å². The van der Waals surface area contributed by atoms with Crippen molar-refractivity contribution in [3.8, 4) is 6.07 Å². The zero-order valence-electron chi connectivity index (χ0n) is 16.6. The van der Waals surface area contributed by atoms with Crippen LogP contribution in [0.1, 0.15) is 31.2 Å². The van der Waals surface area contributed by atoms with Crippen LogP contribution in [0.25, 0.3) is 0 Å². The van der Waals surface area contributed by atoms with Crippen LogP contribution in [0.2, 0.25) is 0 Å². The molecule has 154 valence electrons. The molecule has 0 saturated carbocycles. The number of nitrogens with zero attached hydrogens (tertiary/aromatic N) is 3. The van der Waals surface area contributed by atoms with Crippen molar-refractivity contribution >= 4 is 11.9 Å². The monoisotopic (exact) mass is 396 g/mol. The fourth-order valence-electron chi connectivity index (χ4n) is 3.94. The third-order valence-corrected chi connectivity index (χ3v) is 5.78. The molecule has 1 aromatic rings. The minimum Gasteiger partial charge on any atom is -0.481 e. The van der Waals surface area contributed by atoms with E-state index >= 15 is 0 Å². The minimum absolute atomic E-state index is 0.0884. The zero-order valence-corrected chi connectivity index (χ0v) is 16.6. The highest BCUT2D eigenvalue weighted by atomic mass is 16.4. The number of amides is 1. The number of benzene rings is 1. The summed E-state index contributed by atoms with van der Waals surface area (Å²) in [5.74, 6) is -1.52. The van der Waals surface area contributed by atoms with Gasteiger partial charge in [-0.25, -0.2) is 0 Å². The molecule has 2 N–H and O–H groups in total. The van der Waals surface area contributed by atoms with Crippen molar-refractivity contribution in [2.75, 3.05) is 26.2 Å². The van der Waals surface area contributed by atoms with E-state index in [0.29, 0.717) is 25.9 Å². The first-order valence-electron chi connectivity index (χ1n) is 10.2. The number of carbonyl (C=O) groups is 2. The first-order chi connectivity index (χ1) is 14.1. The van der Waals surface area contributed by atoms with Crippen LogP contribution in [0.4, 0.5) is 0 Å². The highest BCUT2D eigenvalue weighted by Crippen LogP contribution is 2.19. The van der Waals surface area contributed by atoms with Gasteiger partial charge in [0.1, 0.15) is 11.6 Å². The zero-order chi connectivity index (χ0) is 20.6. The van der Waals surface area contributed by atoms with Crippen LogP contribution < -0.4 is 5.32 Å². The average Bonchev–Trinajstić information content (AvgIpc) is 2.76. The molecule has 7 heteroatoms. The van der Waals surface area contributed by atoms with Gasteiger partial charge in [-0.1, -0.05) is 30.3 Å². The SMILES string of the molecule is N#C/C(=C/NC1CCN(Cc2ccccc2)CC1)C(=O)N1CCC(C(=O)O)CC1. The Kier molecular flexibility index (Phi) is 7.25. The molecule has 0 bridgehead atoms. The fourth-order valence-corrected chi connectivity index (χ4v) is 3.94. The van der Waals surface area contributed by atoms with Crippen LogP contribution in [-0.4, -0.2) is 59.0 Å². The highest BCUT2D eigenvalue weighted by Gasteiger charge is 2.28. The number of hydrogen-bond acceptors (Lipinski definition) is 5. The Bertz CT molecular complexity index is 771. The molecule has 0 radical (unpaired) electrons. The lowest BCUT2D eigenvalue weighted by molar-refractivity contribution is -0.145. The second-order valence-electron chi connectivity index (χ2n) is 7.78. The first-order valence-corrected chi connectivity index (χ1v) is 10.2. The number of rotatable bonds is 6. The lowest BCUT2D eigenvalue weighted by Crippen LogP contribution is -2.42. The number of hydrogen-bond donors (Lipinski definition) is 2. The Labute approximate surface area is 171 Å². The fraction of sp³-hybridized carbons (Fsp3) is 0.500. The summed E-state index contributed by atoms with van der Waals surface area (Å²) in [5, 5.41) is 21.7. The summed E-state index contributed by atoms with van der Waals surface area (Å²) in [4.78, 5) is 27.6. The van der Waals surface area contributed by atoms with E-state index in [2.05, 4.69) is 34.5 Å². The second kappa shape index (κ2) is 10.1. The topological polar surface area (TPSA) is 96.7 Å². The molecule has 0 spiro atoms. The maximum Gasteiger partial charge on any atom is 0.306 e. The number of carboxylic acids is 1. The molecular weight excluding hydrogens is 368 g/mol. The molecule has 0 aromatic heterocycles. The largest absolute Gasteiger partial charge is 0.481 e. The van der Waals surface area contributed by atoms with Gasteiger partial charge in [-0.2, -0.15) is 5.26 Å². The molecule has 0 unspecified atom stereocenters. The van der Waals surface area contributed by atoms with Gasteiger partial charge in [0.25, 0.3) is 5.91 Å². The molecule has 1 amide bonds. The van der Waals surface area contributed by atoms with E-state index in [-0.39, 0.29) is 17.5 Å². The quantitative estimate of drug-likeness (QED) is 0.564. The molecule has 2 saturated heterocycles. The van der Waals surface area contributed by atoms with Crippen molar-refractivity contribution < 1.29 is 14.7 Å². The number of nitrogens with one attached hydrogen (secondary N) is 1. The summed E-state index contributed by atoms with van der Waals surface area (Å²) >= 11 is 0. The maximum atomic E-state index is 12.6. The van der Waals surface area contributed by atoms with Crippen molar-refractivity contribution in [1.82, 2.24) is 15.1 Å². The van der Waals surface area contributed by atoms with E-state index in [1.54, 1.807) is 11.1 Å². The summed E-state index contributed by atoms with van der Waals surface area (Å²) < 4.78 is 0. The van der Waals surface area contributed by atoms with Crippen molar-refractivity contribution in [2.45, 2.75) is 38.3 Å². The molecule has 2 heterocycles. The van der Waals surface area contributed by atoms with Crippen LogP contribution in [0.3, 0.4) is 0 Å². The van der Waals surface area contributed by atoms with E-state index < -0.39 is 11.9 Å². The van der Waals surface area contributed by atoms with E-state index in [4.69, 9.17) is 5.11 Å². The number of carbonyl (C=O) groups excluding carboxylic acids is 1. The molecule has 2 aliphatic heterocycles. The van der Waals surface area contributed by atoms with Crippen molar-refractivity contribution in [3.05, 3.63) is 47.7 Å². The smallest absolute Gasteiger partial charge is 0.306 e. The lowest BCUT2D eigenvalue weighted by atomic mass is 9.97. The third-order valence-electron chi connectivity index (χ3n) is 5.78. The van der Waals surface area contributed by atoms with E-state index in [1.807, 2.05) is 12.1 Å². The summed E-state index contributed by atoms with van der Waals surface area (Å²) in [6.07, 6.45) is 4.34. The van der Waals surface area contributed by atoms with Gasteiger partial charge in [-0.15, -0.1) is 0 Å². The Morgan fingerprint density at radius 1 is 1.10 bits per heavy atom. The van der Waals surface area contributed by atoms with Crippen LogP contribution in [0.15, 0.2) is 42.1 Å². The van der Waals surface area contributed by atoms with Gasteiger partial charge in [-0.3, -0.25) is 14.5 Å². The standard InChI is InChI=1S/C22H28N4O3/c23-14-19(21(27)26-12-6-18(7-13-26)22(28)29)15-24-20-8-10-25(11-9-20)16-17-4-2-1-3-5-17/h1-5,15,18,20,24H,6-13,16H2,(H,28,29)/b19-15-. The molecular formula is C22H28N4O3. The molecule has 1 aromatic carbocycles. The second-order valence-corrected chi connectivity index (χ2v) is 7.78. The predicted molar refractivity (Wildman–Crippen MR) is 109 cm³/mol. The molecule has 0 atom stereocenters. The van der Waals surface area contributed by atoms with Gasteiger partial charge in [0, 0.05) is 45.0 Å². The van der Waals surface area contributed by atoms with Crippen LogP contribution in [0, 0.1) is 17.2 Å². The molecule has 2 aliphatic rings. The number of likely N-dealkylation sites (tertiary alicyclic amines) is 2. The Balaban J connectivity index is 1.45. The highest BCUT2D eigenvalue weighted by molar-refractivity contribution is 5.97. The van der Waals surface area contributed by atoms with Gasteiger partial charge in [0.15, 0.2) is 0 Å². The van der Waals surface area contributed by atoms with Crippen LogP contribution >= 0.6 is 0 Å². The van der Waals surface area contributed by atoms with Gasteiger partial charge < -0.3 is 15.3 Å². The molecule has 3 rings (SSSR count). The van der Waals surface area contributed by atoms with E-state index in [9.17, 15) is 14.9 Å². The Hall–Kier alpha value is -2.85. The van der Waals surface area contributed by atoms with Gasteiger partial charge >= 0.3 is 5.97 Å². The Morgan fingerprint density at radius 3 is 2.34 bits per heavy atom. The molecule has 2 fully saturated rings. The number of carboxylic acid groups (broad SMARTS) is 1. The number of piperidine rings is 2. The van der Waals surface area contributed by atoms with Gasteiger partial charge in [0.2, 0.25) is 0 Å². The van der Waals surface area contributed by atoms with Crippen molar-refractivity contribution in [1.29, 1.82) is 5.26 Å². The summed E-state index contributed by atoms with van der Waals surface area (Å²) in [5.41, 5.74) is 1.40. The number of nitriles is 1. The summed E-state index contributed by atoms with van der Waals surface area (Å²) in [6.45, 7) is 3.65. The first kappa shape index (κ1) is 20.9. The van der Waals surface area contributed by atoms with Crippen LogP contribution in [0.5, 0.6) is 0 Å². The lowest BCUT2D eigenvalue weighted by Gasteiger charge is -2.32. The van der Waals surface area contributed by atoms with Gasteiger partial charge in [0.05, 0.1) is 5.92 Å². The maximum absolute atomic E-state index is 12.6. The van der Waals surface area contributed by atoms with Crippen molar-refractivity contribution in [3.63, 3.8) is 0 Å². The van der Waals surface area contributed by atoms with Crippen molar-refractivity contribution in [2.24, 2.45) is 5.92 Å². The minimum atomic E-state index is -0.812.